The lowest BCUT2D eigenvalue weighted by molar-refractivity contribution is -0.123. The Morgan fingerprint density at radius 2 is 1.22 bits per heavy atom. The quantitative estimate of drug-likeness (QED) is 0.680. The number of halogens is 4. The number of carbonyl (C=O) groups is 2. The van der Waals surface area contributed by atoms with Gasteiger partial charge >= 0.3 is 0 Å². The van der Waals surface area contributed by atoms with Gasteiger partial charge in [-0.05, 0) is 36.4 Å². The van der Waals surface area contributed by atoms with Gasteiger partial charge in [-0.15, -0.1) is 0 Å². The fraction of sp³-hybridized carbons (Fsp3) is 0.0667. The standard InChI is InChI=1S/C15H10Br2F2N2O2/c16-8-1-3-12(10(18)5-8)20-14(22)7-15(23)21-13-4-2-9(17)6-11(13)19/h1-6H,7H2,(H,20,22)(H,21,23). The van der Waals surface area contributed by atoms with Crippen LogP contribution in [0.25, 0.3) is 0 Å². The average Bonchev–Trinajstić information content (AvgIpc) is 2.45. The minimum absolute atomic E-state index is 0.0409. The van der Waals surface area contributed by atoms with Crippen LogP contribution in [0.5, 0.6) is 0 Å². The summed E-state index contributed by atoms with van der Waals surface area (Å²) >= 11 is 6.19. The lowest BCUT2D eigenvalue weighted by Gasteiger charge is -2.08. The Balaban J connectivity index is 1.95. The van der Waals surface area contributed by atoms with Gasteiger partial charge in [-0.25, -0.2) is 8.78 Å². The molecule has 0 fully saturated rings. The van der Waals surface area contributed by atoms with Crippen molar-refractivity contribution < 1.29 is 18.4 Å². The van der Waals surface area contributed by atoms with Crippen molar-refractivity contribution in [3.05, 3.63) is 57.0 Å². The van der Waals surface area contributed by atoms with Crippen LogP contribution in [-0.4, -0.2) is 11.8 Å². The van der Waals surface area contributed by atoms with Crippen LogP contribution in [0.2, 0.25) is 0 Å². The number of amides is 2. The van der Waals surface area contributed by atoms with E-state index in [0.717, 1.165) is 0 Å². The second-order valence-electron chi connectivity index (χ2n) is 4.52. The molecule has 0 saturated carbocycles. The van der Waals surface area contributed by atoms with Crippen molar-refractivity contribution in [1.29, 1.82) is 0 Å². The second-order valence-corrected chi connectivity index (χ2v) is 6.35. The summed E-state index contributed by atoms with van der Waals surface area (Å²) in [6, 6.07) is 8.21. The Hall–Kier alpha value is -1.80. The lowest BCUT2D eigenvalue weighted by Crippen LogP contribution is -2.22. The van der Waals surface area contributed by atoms with Gasteiger partial charge in [-0.1, -0.05) is 31.9 Å². The molecule has 4 nitrogen and oxygen atoms in total. The van der Waals surface area contributed by atoms with Crippen LogP contribution < -0.4 is 10.6 Å². The number of nitrogens with one attached hydrogen (secondary N) is 2. The van der Waals surface area contributed by atoms with E-state index in [0.29, 0.717) is 8.95 Å². The van der Waals surface area contributed by atoms with Gasteiger partial charge in [-0.2, -0.15) is 0 Å². The second kappa shape index (κ2) is 7.65. The smallest absolute Gasteiger partial charge is 0.233 e. The fourth-order valence-corrected chi connectivity index (χ4v) is 2.38. The van der Waals surface area contributed by atoms with Crippen LogP contribution in [0.4, 0.5) is 20.2 Å². The summed E-state index contributed by atoms with van der Waals surface area (Å²) in [6.45, 7) is 0. The normalized spacial score (nSPS) is 10.3. The molecule has 0 aliphatic rings. The molecule has 23 heavy (non-hydrogen) atoms. The van der Waals surface area contributed by atoms with Crippen LogP contribution >= 0.6 is 31.9 Å². The fourth-order valence-electron chi connectivity index (χ4n) is 1.72. The summed E-state index contributed by atoms with van der Waals surface area (Å²) < 4.78 is 28.2. The van der Waals surface area contributed by atoms with E-state index in [9.17, 15) is 18.4 Å². The number of hydrogen-bond acceptors (Lipinski definition) is 2. The van der Waals surface area contributed by atoms with Gasteiger partial charge in [0, 0.05) is 8.95 Å². The van der Waals surface area contributed by atoms with Gasteiger partial charge in [0.15, 0.2) is 0 Å². The van der Waals surface area contributed by atoms with E-state index in [-0.39, 0.29) is 11.4 Å². The van der Waals surface area contributed by atoms with Crippen LogP contribution in [0.1, 0.15) is 6.42 Å². The minimum atomic E-state index is -0.707. The van der Waals surface area contributed by atoms with Crippen molar-refractivity contribution in [2.24, 2.45) is 0 Å². The van der Waals surface area contributed by atoms with E-state index < -0.39 is 29.9 Å². The van der Waals surface area contributed by atoms with E-state index >= 15 is 0 Å². The van der Waals surface area contributed by atoms with E-state index in [2.05, 4.69) is 42.5 Å². The topological polar surface area (TPSA) is 58.2 Å². The first-order valence-electron chi connectivity index (χ1n) is 6.35. The maximum atomic E-state index is 13.6. The number of hydrogen-bond donors (Lipinski definition) is 2. The third-order valence-electron chi connectivity index (χ3n) is 2.73. The summed E-state index contributed by atoms with van der Waals surface area (Å²) in [5, 5.41) is 4.56. The van der Waals surface area contributed by atoms with Crippen molar-refractivity contribution in [1.82, 2.24) is 0 Å². The third-order valence-corrected chi connectivity index (χ3v) is 3.72. The van der Waals surface area contributed by atoms with E-state index in [1.807, 2.05) is 0 Å². The first-order chi connectivity index (χ1) is 10.8. The van der Waals surface area contributed by atoms with Crippen LogP contribution in [0.3, 0.4) is 0 Å². The summed E-state index contributed by atoms with van der Waals surface area (Å²) in [4.78, 5) is 23.5. The highest BCUT2D eigenvalue weighted by Crippen LogP contribution is 2.21. The lowest BCUT2D eigenvalue weighted by atomic mass is 10.2. The van der Waals surface area contributed by atoms with Crippen molar-refractivity contribution in [2.75, 3.05) is 10.6 Å². The first kappa shape index (κ1) is 17.6. The van der Waals surface area contributed by atoms with Gasteiger partial charge < -0.3 is 10.6 Å². The Bertz CT molecular complexity index is 706. The molecule has 0 unspecified atom stereocenters. The van der Waals surface area contributed by atoms with Crippen LogP contribution in [0, 0.1) is 11.6 Å². The van der Waals surface area contributed by atoms with Crippen molar-refractivity contribution >= 4 is 55.0 Å². The molecule has 0 aliphatic carbocycles. The van der Waals surface area contributed by atoms with E-state index in [1.165, 1.54) is 24.3 Å². The highest BCUT2D eigenvalue weighted by Gasteiger charge is 2.14. The van der Waals surface area contributed by atoms with Gasteiger partial charge in [0.25, 0.3) is 0 Å². The molecular formula is C15H10Br2F2N2O2. The summed E-state index contributed by atoms with van der Waals surface area (Å²) in [5.74, 6) is -2.68. The van der Waals surface area contributed by atoms with Gasteiger partial charge in [-0.3, -0.25) is 9.59 Å². The van der Waals surface area contributed by atoms with E-state index in [1.54, 1.807) is 12.1 Å². The maximum Gasteiger partial charge on any atom is 0.233 e. The molecule has 0 radical (unpaired) electrons. The molecule has 2 aromatic carbocycles. The zero-order valence-corrected chi connectivity index (χ0v) is 14.7. The predicted octanol–water partition coefficient (Wildman–Crippen LogP) is 4.46. The summed E-state index contributed by atoms with van der Waals surface area (Å²) in [5.41, 5.74) is -0.0818. The maximum absolute atomic E-state index is 13.6. The number of anilines is 2. The monoisotopic (exact) mass is 446 g/mol. The zero-order valence-electron chi connectivity index (χ0n) is 11.5. The minimum Gasteiger partial charge on any atom is -0.323 e. The Morgan fingerprint density at radius 1 is 0.826 bits per heavy atom. The first-order valence-corrected chi connectivity index (χ1v) is 7.93. The molecule has 120 valence electrons. The molecule has 0 heterocycles. The predicted molar refractivity (Wildman–Crippen MR) is 90.1 cm³/mol. The molecule has 0 bridgehead atoms. The van der Waals surface area contributed by atoms with Gasteiger partial charge in [0.05, 0.1) is 11.4 Å². The molecule has 8 heteroatoms. The van der Waals surface area contributed by atoms with Crippen molar-refractivity contribution in [3.8, 4) is 0 Å². The van der Waals surface area contributed by atoms with Crippen LogP contribution in [0.15, 0.2) is 45.3 Å². The molecule has 0 saturated heterocycles. The number of benzene rings is 2. The summed E-state index contributed by atoms with van der Waals surface area (Å²) in [6.07, 6.45) is -0.564. The molecule has 2 rings (SSSR count). The highest BCUT2D eigenvalue weighted by atomic mass is 79.9. The van der Waals surface area contributed by atoms with Gasteiger partial charge in [0.1, 0.15) is 18.1 Å². The molecule has 0 aromatic heterocycles. The van der Waals surface area contributed by atoms with Crippen molar-refractivity contribution in [3.63, 3.8) is 0 Å². The van der Waals surface area contributed by atoms with Crippen LogP contribution in [-0.2, 0) is 9.59 Å². The Kier molecular flexibility index (Phi) is 5.84. The van der Waals surface area contributed by atoms with Gasteiger partial charge in [0.2, 0.25) is 11.8 Å². The zero-order chi connectivity index (χ0) is 17.0. The SMILES string of the molecule is O=C(CC(=O)Nc1ccc(Br)cc1F)Nc1ccc(Br)cc1F. The molecule has 0 spiro atoms. The molecular weight excluding hydrogens is 438 g/mol. The molecule has 0 aliphatic heterocycles. The molecule has 2 N–H and O–H groups in total. The Morgan fingerprint density at radius 3 is 1.57 bits per heavy atom. The number of carbonyl (C=O) groups excluding carboxylic acids is 2. The van der Waals surface area contributed by atoms with Crippen molar-refractivity contribution in [2.45, 2.75) is 6.42 Å². The van der Waals surface area contributed by atoms with E-state index in [4.69, 9.17) is 0 Å². The largest absolute Gasteiger partial charge is 0.323 e. The average molecular weight is 448 g/mol. The Labute approximate surface area is 147 Å². The number of rotatable bonds is 4. The molecule has 2 amide bonds. The molecule has 0 atom stereocenters. The third kappa shape index (κ3) is 5.11. The highest BCUT2D eigenvalue weighted by molar-refractivity contribution is 9.10. The molecule has 2 aromatic rings. The summed E-state index contributed by atoms with van der Waals surface area (Å²) in [7, 11) is 0.